The van der Waals surface area contributed by atoms with Crippen molar-refractivity contribution in [2.45, 2.75) is 64.1 Å². The second-order valence-electron chi connectivity index (χ2n) is 10.7. The van der Waals surface area contributed by atoms with Gasteiger partial charge < -0.3 is 30.3 Å². The second-order valence-corrected chi connectivity index (χ2v) is 10.7. The van der Waals surface area contributed by atoms with E-state index in [1.165, 1.54) is 18.8 Å². The van der Waals surface area contributed by atoms with E-state index in [0.29, 0.717) is 30.1 Å². The Bertz CT molecular complexity index is 1150. The van der Waals surface area contributed by atoms with Crippen molar-refractivity contribution in [3.8, 4) is 5.75 Å². The van der Waals surface area contributed by atoms with E-state index in [0.717, 1.165) is 25.7 Å². The zero-order chi connectivity index (χ0) is 27.9. The third kappa shape index (κ3) is 7.06. The third-order valence-electron chi connectivity index (χ3n) is 7.60. The van der Waals surface area contributed by atoms with Crippen molar-refractivity contribution in [1.82, 2.24) is 20.1 Å². The fraction of sp³-hybridized carbons (Fsp3) is 0.517. The minimum absolute atomic E-state index is 0.118. The molecule has 1 aliphatic carbocycles. The largest absolute Gasteiger partial charge is 0.487 e. The lowest BCUT2D eigenvalue weighted by Crippen LogP contribution is -2.52. The zero-order valence-corrected chi connectivity index (χ0v) is 22.9. The van der Waals surface area contributed by atoms with Gasteiger partial charge in [-0.3, -0.25) is 14.6 Å². The van der Waals surface area contributed by atoms with Crippen molar-refractivity contribution in [2.75, 3.05) is 32.1 Å². The van der Waals surface area contributed by atoms with Crippen LogP contribution in [0.15, 0.2) is 42.7 Å². The number of carbonyl (C=O) groups is 3. The molecule has 0 spiro atoms. The topological polar surface area (TPSA) is 124 Å². The number of benzene rings is 1. The predicted octanol–water partition coefficient (Wildman–Crippen LogP) is 3.53. The lowest BCUT2D eigenvalue weighted by molar-refractivity contribution is 0.0366. The van der Waals surface area contributed by atoms with E-state index in [9.17, 15) is 19.5 Å². The van der Waals surface area contributed by atoms with Crippen molar-refractivity contribution < 1.29 is 24.2 Å². The molecule has 1 saturated carbocycles. The summed E-state index contributed by atoms with van der Waals surface area (Å²) < 4.78 is 6.38. The molecule has 2 heterocycles. The molecular weight excluding hydrogens is 498 g/mol. The first kappa shape index (κ1) is 28.4. The Balaban J connectivity index is 1.56. The summed E-state index contributed by atoms with van der Waals surface area (Å²) in [5.41, 5.74) is 1.17. The van der Waals surface area contributed by atoms with Crippen molar-refractivity contribution in [3.63, 3.8) is 0 Å². The molecule has 3 N–H and O–H groups in total. The average molecular weight is 538 g/mol. The van der Waals surface area contributed by atoms with Crippen LogP contribution in [-0.4, -0.2) is 82.7 Å². The van der Waals surface area contributed by atoms with Crippen LogP contribution in [0.25, 0.3) is 0 Å². The number of nitrogens with one attached hydrogen (secondary N) is 2. The van der Waals surface area contributed by atoms with Crippen LogP contribution >= 0.6 is 0 Å². The minimum Gasteiger partial charge on any atom is -0.487 e. The van der Waals surface area contributed by atoms with E-state index in [-0.39, 0.29) is 42.0 Å². The number of aliphatic hydroxyl groups is 1. The van der Waals surface area contributed by atoms with Crippen LogP contribution in [0, 0.1) is 5.92 Å². The molecule has 2 aliphatic rings. The second kappa shape index (κ2) is 12.9. The van der Waals surface area contributed by atoms with Gasteiger partial charge in [0.15, 0.2) is 0 Å². The summed E-state index contributed by atoms with van der Waals surface area (Å²) in [6.07, 6.45) is 8.15. The van der Waals surface area contributed by atoms with Crippen LogP contribution in [0.3, 0.4) is 0 Å². The normalized spacial score (nSPS) is 20.6. The number of rotatable bonds is 7. The standard InChI is InChI=1S/C29H39N5O5/c1-19-16-34(20(2)18-35)28(37)24-15-23(31-27(36)21-11-13-30-14-12-21)9-10-25(24)39-26(19)17-33(3)29(38)32-22-7-5-4-6-8-22/h9-15,19-20,22,26,35H,4-8,16-18H2,1-3H3,(H,31,36)(H,32,38)/t19-,20-,26-/m0/s1. The molecule has 4 amide bonds. The number of ether oxygens (including phenoxy) is 1. The molecule has 0 bridgehead atoms. The number of fused-ring (bicyclic) bond motifs is 1. The van der Waals surface area contributed by atoms with Crippen molar-refractivity contribution in [2.24, 2.45) is 5.92 Å². The summed E-state index contributed by atoms with van der Waals surface area (Å²) in [5, 5.41) is 15.9. The highest BCUT2D eigenvalue weighted by Gasteiger charge is 2.34. The van der Waals surface area contributed by atoms with Crippen molar-refractivity contribution >= 4 is 23.5 Å². The zero-order valence-electron chi connectivity index (χ0n) is 22.9. The Hall–Kier alpha value is -3.66. The highest BCUT2D eigenvalue weighted by Crippen LogP contribution is 2.31. The van der Waals surface area contributed by atoms with E-state index < -0.39 is 12.1 Å². The van der Waals surface area contributed by atoms with Crippen molar-refractivity contribution in [3.05, 3.63) is 53.9 Å². The number of aliphatic hydroxyl groups excluding tert-OH is 1. The molecule has 0 radical (unpaired) electrons. The van der Waals surface area contributed by atoms with Crippen LogP contribution in [0.4, 0.5) is 10.5 Å². The Morgan fingerprint density at radius 2 is 1.90 bits per heavy atom. The van der Waals surface area contributed by atoms with E-state index >= 15 is 0 Å². The highest BCUT2D eigenvalue weighted by molar-refractivity contribution is 6.05. The van der Waals surface area contributed by atoms with Gasteiger partial charge in [0.25, 0.3) is 11.8 Å². The van der Waals surface area contributed by atoms with Crippen molar-refractivity contribution in [1.29, 1.82) is 0 Å². The van der Waals surface area contributed by atoms with Crippen LogP contribution in [0.1, 0.15) is 66.7 Å². The van der Waals surface area contributed by atoms with Gasteiger partial charge in [0.1, 0.15) is 11.9 Å². The Labute approximate surface area is 229 Å². The van der Waals surface area contributed by atoms with Crippen LogP contribution in [-0.2, 0) is 0 Å². The van der Waals surface area contributed by atoms with Gasteiger partial charge in [0.05, 0.1) is 24.8 Å². The Morgan fingerprint density at radius 3 is 2.59 bits per heavy atom. The number of carbonyl (C=O) groups excluding carboxylic acids is 3. The summed E-state index contributed by atoms with van der Waals surface area (Å²) in [5.74, 6) is -0.365. The van der Waals surface area contributed by atoms with Gasteiger partial charge in [0.2, 0.25) is 0 Å². The smallest absolute Gasteiger partial charge is 0.317 e. The molecule has 39 heavy (non-hydrogen) atoms. The summed E-state index contributed by atoms with van der Waals surface area (Å²) >= 11 is 0. The Kier molecular flexibility index (Phi) is 9.40. The maximum absolute atomic E-state index is 13.6. The number of nitrogens with zero attached hydrogens (tertiary/aromatic N) is 3. The lowest BCUT2D eigenvalue weighted by Gasteiger charge is -2.38. The number of aromatic nitrogens is 1. The van der Waals surface area contributed by atoms with Gasteiger partial charge in [-0.25, -0.2) is 4.79 Å². The highest BCUT2D eigenvalue weighted by atomic mass is 16.5. The summed E-state index contributed by atoms with van der Waals surface area (Å²) in [6.45, 7) is 4.25. The molecule has 1 aromatic heterocycles. The first-order chi connectivity index (χ1) is 18.8. The molecule has 10 nitrogen and oxygen atoms in total. The number of amides is 4. The maximum atomic E-state index is 13.6. The number of hydrogen-bond donors (Lipinski definition) is 3. The first-order valence-electron chi connectivity index (χ1n) is 13.7. The molecule has 1 aromatic carbocycles. The van der Waals surface area contributed by atoms with Crippen LogP contribution in [0.5, 0.6) is 5.75 Å². The summed E-state index contributed by atoms with van der Waals surface area (Å²) in [4.78, 5) is 46.5. The number of hydrogen-bond acceptors (Lipinski definition) is 6. The fourth-order valence-corrected chi connectivity index (χ4v) is 5.11. The van der Waals surface area contributed by atoms with E-state index in [1.54, 1.807) is 54.1 Å². The molecule has 4 rings (SSSR count). The number of likely N-dealkylation sites (N-methyl/N-ethyl adjacent to an activating group) is 1. The molecule has 2 aromatic rings. The summed E-state index contributed by atoms with van der Waals surface area (Å²) in [7, 11) is 1.75. The predicted molar refractivity (Wildman–Crippen MR) is 148 cm³/mol. The average Bonchev–Trinajstić information content (AvgIpc) is 2.95. The number of pyridine rings is 1. The lowest BCUT2D eigenvalue weighted by atomic mass is 9.96. The number of urea groups is 1. The number of anilines is 1. The molecule has 0 unspecified atom stereocenters. The van der Waals surface area contributed by atoms with Gasteiger partial charge >= 0.3 is 6.03 Å². The van der Waals surface area contributed by atoms with Gasteiger partial charge in [-0.05, 0) is 50.1 Å². The van der Waals surface area contributed by atoms with Gasteiger partial charge in [0, 0.05) is 49.2 Å². The van der Waals surface area contributed by atoms with Gasteiger partial charge in [-0.1, -0.05) is 26.2 Å². The molecular formula is C29H39N5O5. The summed E-state index contributed by atoms with van der Waals surface area (Å²) in [6, 6.07) is 7.81. The Morgan fingerprint density at radius 1 is 1.18 bits per heavy atom. The fourth-order valence-electron chi connectivity index (χ4n) is 5.11. The molecule has 10 heteroatoms. The van der Waals surface area contributed by atoms with E-state index in [2.05, 4.69) is 15.6 Å². The van der Waals surface area contributed by atoms with Crippen LogP contribution in [0.2, 0.25) is 0 Å². The molecule has 1 aliphatic heterocycles. The molecule has 3 atom stereocenters. The van der Waals surface area contributed by atoms with Gasteiger partial charge in [-0.15, -0.1) is 0 Å². The quantitative estimate of drug-likeness (QED) is 0.497. The van der Waals surface area contributed by atoms with E-state index in [4.69, 9.17) is 4.74 Å². The minimum atomic E-state index is -0.422. The molecule has 210 valence electrons. The first-order valence-corrected chi connectivity index (χ1v) is 13.7. The monoisotopic (exact) mass is 537 g/mol. The molecule has 1 fully saturated rings. The van der Waals surface area contributed by atoms with E-state index in [1.807, 2.05) is 6.92 Å². The van der Waals surface area contributed by atoms with Gasteiger partial charge in [-0.2, -0.15) is 0 Å². The third-order valence-corrected chi connectivity index (χ3v) is 7.60. The SMILES string of the molecule is C[C@H]1CN([C@@H](C)CO)C(=O)c2cc(NC(=O)c3ccncc3)ccc2O[C@H]1CN(C)C(=O)NC1CCCCC1. The van der Waals surface area contributed by atoms with Crippen LogP contribution < -0.4 is 15.4 Å². The molecule has 0 saturated heterocycles. The maximum Gasteiger partial charge on any atom is 0.317 e.